The van der Waals surface area contributed by atoms with Gasteiger partial charge in [0.1, 0.15) is 0 Å². The molecule has 0 aromatic heterocycles. The van der Waals surface area contributed by atoms with Crippen molar-refractivity contribution in [3.8, 4) is 0 Å². The molecule has 0 unspecified atom stereocenters. The number of hydrogen-bond acceptors (Lipinski definition) is 2. The molecule has 1 heterocycles. The highest BCUT2D eigenvalue weighted by atomic mass is 19.4. The molecule has 1 aliphatic heterocycles. The fourth-order valence-corrected chi connectivity index (χ4v) is 1.11. The molecule has 1 rings (SSSR count). The van der Waals surface area contributed by atoms with Crippen molar-refractivity contribution in [2.45, 2.75) is 19.0 Å². The van der Waals surface area contributed by atoms with Crippen LogP contribution >= 0.6 is 0 Å². The molecule has 0 aromatic carbocycles. The van der Waals surface area contributed by atoms with Crippen molar-refractivity contribution < 1.29 is 17.9 Å². The lowest BCUT2D eigenvalue weighted by Crippen LogP contribution is -2.29. The molecule has 0 spiro atoms. The molecule has 2 nitrogen and oxygen atoms in total. The van der Waals surface area contributed by atoms with E-state index in [1.807, 2.05) is 0 Å². The Balaban J connectivity index is 2.52. The van der Waals surface area contributed by atoms with Gasteiger partial charge in [-0.1, -0.05) is 0 Å². The molecule has 12 heavy (non-hydrogen) atoms. The van der Waals surface area contributed by atoms with Gasteiger partial charge in [-0.2, -0.15) is 13.2 Å². The summed E-state index contributed by atoms with van der Waals surface area (Å²) in [5.41, 5.74) is 0. The average molecular weight is 181 g/mol. The largest absolute Gasteiger partial charge is 0.484 e. The monoisotopic (exact) mass is 181 g/mol. The van der Waals surface area contributed by atoms with Gasteiger partial charge in [0.2, 0.25) is 0 Å². The number of nitrogens with zero attached hydrogens (tertiary/aromatic N) is 1. The van der Waals surface area contributed by atoms with Crippen LogP contribution in [0.1, 0.15) is 12.8 Å². The predicted molar refractivity (Wildman–Crippen MR) is 38.1 cm³/mol. The van der Waals surface area contributed by atoms with E-state index < -0.39 is 12.1 Å². The van der Waals surface area contributed by atoms with E-state index in [0.29, 0.717) is 12.3 Å². The Bertz CT molecular complexity index is 188. The number of aliphatic imine (C=N–C) groups is 1. The summed E-state index contributed by atoms with van der Waals surface area (Å²) >= 11 is 0. The smallest absolute Gasteiger partial charge is 0.393 e. The van der Waals surface area contributed by atoms with Crippen molar-refractivity contribution in [2.24, 2.45) is 10.9 Å². The maximum absolute atomic E-state index is 12.1. The Labute approximate surface area is 68.4 Å². The molecule has 70 valence electrons. The third kappa shape index (κ3) is 2.12. The normalized spacial score (nSPS) is 25.0. The van der Waals surface area contributed by atoms with E-state index in [9.17, 15) is 13.2 Å². The number of hydrogen-bond donors (Lipinski definition) is 0. The van der Waals surface area contributed by atoms with Crippen molar-refractivity contribution in [1.82, 2.24) is 0 Å². The van der Waals surface area contributed by atoms with Gasteiger partial charge in [0.05, 0.1) is 19.6 Å². The van der Waals surface area contributed by atoms with Crippen LogP contribution in [-0.2, 0) is 4.74 Å². The molecule has 0 saturated heterocycles. The first kappa shape index (κ1) is 9.35. The summed E-state index contributed by atoms with van der Waals surface area (Å²) in [5, 5.41) is 0. The zero-order valence-electron chi connectivity index (χ0n) is 6.69. The fourth-order valence-electron chi connectivity index (χ4n) is 1.11. The number of methoxy groups -OCH3 is 1. The van der Waals surface area contributed by atoms with E-state index in [-0.39, 0.29) is 13.0 Å². The molecular formula is C7H10F3NO. The lowest BCUT2D eigenvalue weighted by atomic mass is 10.0. The highest BCUT2D eigenvalue weighted by Crippen LogP contribution is 2.32. The molecule has 1 atom stereocenters. The van der Waals surface area contributed by atoms with Gasteiger partial charge < -0.3 is 4.74 Å². The lowest BCUT2D eigenvalue weighted by Gasteiger charge is -2.22. The summed E-state index contributed by atoms with van der Waals surface area (Å²) in [6.45, 7) is -0.188. The fraction of sp³-hybridized carbons (Fsp3) is 0.857. The quantitative estimate of drug-likeness (QED) is 0.560. The van der Waals surface area contributed by atoms with Gasteiger partial charge in [-0.05, 0) is 6.42 Å². The summed E-state index contributed by atoms with van der Waals surface area (Å²) < 4.78 is 40.9. The maximum atomic E-state index is 12.1. The summed E-state index contributed by atoms with van der Waals surface area (Å²) in [4.78, 5) is 3.67. The molecule has 0 amide bonds. The molecular weight excluding hydrogens is 171 g/mol. The van der Waals surface area contributed by atoms with E-state index in [1.54, 1.807) is 0 Å². The topological polar surface area (TPSA) is 21.6 Å². The third-order valence-corrected chi connectivity index (χ3v) is 1.89. The van der Waals surface area contributed by atoms with Gasteiger partial charge in [0.15, 0.2) is 5.90 Å². The second-order valence-corrected chi connectivity index (χ2v) is 2.72. The first-order valence-corrected chi connectivity index (χ1v) is 3.68. The highest BCUT2D eigenvalue weighted by Gasteiger charge is 2.40. The van der Waals surface area contributed by atoms with E-state index in [1.165, 1.54) is 7.11 Å². The minimum Gasteiger partial charge on any atom is -0.484 e. The lowest BCUT2D eigenvalue weighted by molar-refractivity contribution is -0.173. The van der Waals surface area contributed by atoms with Crippen molar-refractivity contribution in [1.29, 1.82) is 0 Å². The van der Waals surface area contributed by atoms with Gasteiger partial charge in [0, 0.05) is 6.42 Å². The van der Waals surface area contributed by atoms with E-state index in [2.05, 4.69) is 4.99 Å². The molecule has 0 aliphatic carbocycles. The van der Waals surface area contributed by atoms with Crippen LogP contribution < -0.4 is 0 Å². The summed E-state index contributed by atoms with van der Waals surface area (Å²) in [7, 11) is 1.42. The summed E-state index contributed by atoms with van der Waals surface area (Å²) in [6, 6.07) is 0. The van der Waals surface area contributed by atoms with Crippen LogP contribution in [0.25, 0.3) is 0 Å². The van der Waals surface area contributed by atoms with Gasteiger partial charge in [-0.15, -0.1) is 0 Å². The van der Waals surface area contributed by atoms with Crippen LogP contribution in [-0.4, -0.2) is 25.7 Å². The van der Waals surface area contributed by atoms with Crippen molar-refractivity contribution in [3.05, 3.63) is 0 Å². The number of alkyl halides is 3. The van der Waals surface area contributed by atoms with Crippen LogP contribution in [0.5, 0.6) is 0 Å². The van der Waals surface area contributed by atoms with Crippen molar-refractivity contribution in [3.63, 3.8) is 0 Å². The molecule has 0 radical (unpaired) electrons. The van der Waals surface area contributed by atoms with Gasteiger partial charge in [-0.25, -0.2) is 0 Å². The van der Waals surface area contributed by atoms with Gasteiger partial charge >= 0.3 is 6.18 Å². The minimum absolute atomic E-state index is 0.0934. The zero-order chi connectivity index (χ0) is 9.19. The SMILES string of the molecule is COC1=NC[C@@H](C(F)(F)F)CC1. The van der Waals surface area contributed by atoms with E-state index >= 15 is 0 Å². The first-order chi connectivity index (χ1) is 5.54. The van der Waals surface area contributed by atoms with Crippen molar-refractivity contribution >= 4 is 5.90 Å². The minimum atomic E-state index is -4.11. The number of halogens is 3. The molecule has 0 N–H and O–H groups in total. The third-order valence-electron chi connectivity index (χ3n) is 1.89. The molecule has 0 fully saturated rings. The molecule has 0 saturated carbocycles. The van der Waals surface area contributed by atoms with E-state index in [4.69, 9.17) is 4.74 Å². The second kappa shape index (κ2) is 3.33. The molecule has 0 bridgehead atoms. The average Bonchev–Trinajstić information content (AvgIpc) is 2.03. The summed E-state index contributed by atoms with van der Waals surface area (Å²) in [5.74, 6) is -0.855. The van der Waals surface area contributed by atoms with Crippen LogP contribution in [0.3, 0.4) is 0 Å². The first-order valence-electron chi connectivity index (χ1n) is 3.68. The Morgan fingerprint density at radius 3 is 2.50 bits per heavy atom. The predicted octanol–water partition coefficient (Wildman–Crippen LogP) is 2.00. The van der Waals surface area contributed by atoms with Crippen LogP contribution in [0.2, 0.25) is 0 Å². The molecule has 5 heteroatoms. The summed E-state index contributed by atoms with van der Waals surface area (Å²) in [6.07, 6.45) is -3.72. The van der Waals surface area contributed by atoms with Crippen LogP contribution in [0.4, 0.5) is 13.2 Å². The van der Waals surface area contributed by atoms with Gasteiger partial charge in [0.25, 0.3) is 0 Å². The molecule has 1 aliphatic rings. The Kier molecular flexibility index (Phi) is 2.59. The maximum Gasteiger partial charge on any atom is 0.393 e. The van der Waals surface area contributed by atoms with Crippen molar-refractivity contribution in [2.75, 3.05) is 13.7 Å². The standard InChI is InChI=1S/C7H10F3NO/c1-12-6-3-2-5(4-11-6)7(8,9)10/h5H,2-4H2,1H3/t5-/m0/s1. The number of rotatable bonds is 0. The van der Waals surface area contributed by atoms with Crippen LogP contribution in [0.15, 0.2) is 4.99 Å². The highest BCUT2D eigenvalue weighted by molar-refractivity contribution is 5.76. The molecule has 0 aromatic rings. The van der Waals surface area contributed by atoms with Gasteiger partial charge in [-0.3, -0.25) is 4.99 Å². The Hall–Kier alpha value is -0.740. The second-order valence-electron chi connectivity index (χ2n) is 2.72. The Morgan fingerprint density at radius 2 is 2.17 bits per heavy atom. The Morgan fingerprint density at radius 1 is 1.50 bits per heavy atom. The van der Waals surface area contributed by atoms with Crippen LogP contribution in [0, 0.1) is 5.92 Å². The van der Waals surface area contributed by atoms with E-state index in [0.717, 1.165) is 0 Å². The zero-order valence-corrected chi connectivity index (χ0v) is 6.69. The number of ether oxygens (including phenoxy) is 1.